The minimum atomic E-state index is -1.19. The first-order valence-electron chi connectivity index (χ1n) is 13.5. The summed E-state index contributed by atoms with van der Waals surface area (Å²) in [6.45, 7) is 1.39. The van der Waals surface area contributed by atoms with Gasteiger partial charge in [-0.1, -0.05) is 0 Å². The number of carbonyl (C=O) groups is 2. The lowest BCUT2D eigenvalue weighted by Crippen LogP contribution is -2.76. The third kappa shape index (κ3) is 3.72. The molecule has 1 aliphatic heterocycles. The molecule has 2 aromatic carbocycles. The van der Waals surface area contributed by atoms with Crippen LogP contribution < -0.4 is 0 Å². The molecule has 1 atom stereocenters. The molecule has 5 fully saturated rings. The number of nitrogens with zero attached hydrogens (tertiary/aromatic N) is 2. The van der Waals surface area contributed by atoms with Gasteiger partial charge in [0.05, 0.1) is 23.4 Å². The largest absolute Gasteiger partial charge is 0.508 e. The topological polar surface area (TPSA) is 118 Å². The fraction of sp³-hybridized carbons (Fsp3) is 0.483. The van der Waals surface area contributed by atoms with Crippen LogP contribution in [0.2, 0.25) is 0 Å². The molecule has 1 saturated heterocycles. The molecule has 39 heavy (non-hydrogen) atoms. The van der Waals surface area contributed by atoms with Gasteiger partial charge in [0.2, 0.25) is 5.91 Å². The smallest absolute Gasteiger partial charge is 0.289 e. The molecule has 2 N–H and O–H groups in total. The van der Waals surface area contributed by atoms with Gasteiger partial charge in [0, 0.05) is 12.5 Å². The maximum Gasteiger partial charge on any atom is 0.289 e. The van der Waals surface area contributed by atoms with Crippen LogP contribution >= 0.6 is 11.3 Å². The lowest BCUT2D eigenvalue weighted by Gasteiger charge is -2.69. The van der Waals surface area contributed by atoms with Gasteiger partial charge >= 0.3 is 0 Å². The summed E-state index contributed by atoms with van der Waals surface area (Å²) in [5.41, 5.74) is 0.694. The Morgan fingerprint density at radius 2 is 1.67 bits per heavy atom. The Morgan fingerprint density at radius 3 is 2.28 bits per heavy atom. The number of thiazole rings is 1. The third-order valence-corrected chi connectivity index (χ3v) is 10.2. The standard InChI is InChI=1S/C29H30N2O7S/c1-16(32)31(27(35)26-30-24-7-6-23(34)15-25(24)39-26)8-9-36-29(19-2-4-22(33)5-3-19)28(37-38-29)20-11-17-10-18(13-20)14-21(28)12-17/h2-7,15,17-18,20-21,33-34H,8-14H2,1H3. The van der Waals surface area contributed by atoms with Gasteiger partial charge in [0.1, 0.15) is 11.5 Å². The first-order chi connectivity index (χ1) is 18.8. The molecule has 2 heterocycles. The summed E-state index contributed by atoms with van der Waals surface area (Å²) in [6, 6.07) is 11.5. The third-order valence-electron chi connectivity index (χ3n) is 9.21. The lowest BCUT2D eigenvalue weighted by molar-refractivity contribution is -0.648. The first-order valence-corrected chi connectivity index (χ1v) is 14.3. The number of hydrogen-bond donors (Lipinski definition) is 2. The number of aromatic nitrogens is 1. The molecule has 4 bridgehead atoms. The molecule has 1 unspecified atom stereocenters. The molecule has 2 amide bonds. The monoisotopic (exact) mass is 550 g/mol. The van der Waals surface area contributed by atoms with Crippen molar-refractivity contribution in [2.75, 3.05) is 13.2 Å². The average Bonchev–Trinajstić information content (AvgIpc) is 3.31. The second-order valence-corrected chi connectivity index (χ2v) is 12.5. The predicted octanol–water partition coefficient (Wildman–Crippen LogP) is 4.72. The normalized spacial score (nSPS) is 32.4. The van der Waals surface area contributed by atoms with Crippen LogP contribution in [0.5, 0.6) is 11.5 Å². The van der Waals surface area contributed by atoms with E-state index in [1.54, 1.807) is 36.4 Å². The SMILES string of the molecule is CC(=O)N(CCOC1(c2ccc(O)cc2)OOC12C1CC3CC(C1)CC2C3)C(=O)c1nc2ccc(O)cc2s1. The number of aromatic hydroxyl groups is 2. The minimum Gasteiger partial charge on any atom is -0.508 e. The Kier molecular flexibility index (Phi) is 5.75. The van der Waals surface area contributed by atoms with Gasteiger partial charge in [-0.2, -0.15) is 4.89 Å². The molecule has 1 spiro atoms. The summed E-state index contributed by atoms with van der Waals surface area (Å²) in [5, 5.41) is 19.9. The molecule has 1 aromatic heterocycles. The molecule has 5 aliphatic rings. The van der Waals surface area contributed by atoms with Crippen molar-refractivity contribution in [3.63, 3.8) is 0 Å². The number of ether oxygens (including phenoxy) is 1. The van der Waals surface area contributed by atoms with E-state index in [-0.39, 0.29) is 29.7 Å². The van der Waals surface area contributed by atoms with Gasteiger partial charge in [0.15, 0.2) is 10.6 Å². The Labute approximate surface area is 229 Å². The number of carbonyl (C=O) groups excluding carboxylic acids is 2. The van der Waals surface area contributed by atoms with Crippen LogP contribution in [0.25, 0.3) is 10.2 Å². The molecule has 0 radical (unpaired) electrons. The molecular weight excluding hydrogens is 520 g/mol. The van der Waals surface area contributed by atoms with Crippen LogP contribution in [-0.2, 0) is 25.1 Å². The van der Waals surface area contributed by atoms with E-state index in [0.29, 0.717) is 33.9 Å². The van der Waals surface area contributed by atoms with Gasteiger partial charge < -0.3 is 14.9 Å². The number of phenolic OH excluding ortho intramolecular Hbond substituents is 2. The second-order valence-electron chi connectivity index (χ2n) is 11.4. The highest BCUT2D eigenvalue weighted by molar-refractivity contribution is 7.20. The molecule has 4 aliphatic carbocycles. The summed E-state index contributed by atoms with van der Waals surface area (Å²) in [4.78, 5) is 43.4. The number of rotatable bonds is 6. The van der Waals surface area contributed by atoms with E-state index >= 15 is 0 Å². The van der Waals surface area contributed by atoms with Gasteiger partial charge in [-0.15, -0.1) is 11.3 Å². The van der Waals surface area contributed by atoms with Crippen molar-refractivity contribution >= 4 is 33.4 Å². The van der Waals surface area contributed by atoms with Gasteiger partial charge in [-0.3, -0.25) is 14.5 Å². The highest BCUT2D eigenvalue weighted by atomic mass is 32.1. The minimum absolute atomic E-state index is 0.00913. The van der Waals surface area contributed by atoms with Crippen LogP contribution in [0.4, 0.5) is 0 Å². The van der Waals surface area contributed by atoms with E-state index < -0.39 is 23.2 Å². The number of imide groups is 1. The van der Waals surface area contributed by atoms with Gasteiger partial charge in [-0.25, -0.2) is 9.87 Å². The van der Waals surface area contributed by atoms with E-state index in [2.05, 4.69) is 4.98 Å². The van der Waals surface area contributed by atoms with Crippen molar-refractivity contribution in [3.8, 4) is 11.5 Å². The zero-order chi connectivity index (χ0) is 26.9. The van der Waals surface area contributed by atoms with E-state index in [9.17, 15) is 19.8 Å². The summed E-state index contributed by atoms with van der Waals surface area (Å²) in [5.74, 6) is 0.112. The maximum absolute atomic E-state index is 13.3. The first kappa shape index (κ1) is 25.0. The summed E-state index contributed by atoms with van der Waals surface area (Å²) in [7, 11) is 0. The molecule has 3 aromatic rings. The second kappa shape index (κ2) is 8.99. The van der Waals surface area contributed by atoms with Crippen LogP contribution in [0.15, 0.2) is 42.5 Å². The molecule has 8 rings (SSSR count). The summed E-state index contributed by atoms with van der Waals surface area (Å²) < 4.78 is 7.25. The molecule has 10 heteroatoms. The van der Waals surface area contributed by atoms with Crippen molar-refractivity contribution in [2.24, 2.45) is 23.7 Å². The lowest BCUT2D eigenvalue weighted by atomic mass is 9.47. The van der Waals surface area contributed by atoms with E-state index in [1.807, 2.05) is 0 Å². The van der Waals surface area contributed by atoms with Crippen LogP contribution in [0, 0.1) is 23.7 Å². The fourth-order valence-electron chi connectivity index (χ4n) is 7.75. The zero-order valence-electron chi connectivity index (χ0n) is 21.5. The molecular formula is C29H30N2O7S. The zero-order valence-corrected chi connectivity index (χ0v) is 22.4. The molecule has 204 valence electrons. The van der Waals surface area contributed by atoms with Crippen LogP contribution in [0.3, 0.4) is 0 Å². The Morgan fingerprint density at radius 1 is 1.00 bits per heavy atom. The van der Waals surface area contributed by atoms with Crippen molar-refractivity contribution < 1.29 is 34.3 Å². The van der Waals surface area contributed by atoms with Crippen LogP contribution in [-0.4, -0.2) is 50.7 Å². The Bertz CT molecular complexity index is 1430. The average molecular weight is 551 g/mol. The van der Waals surface area contributed by atoms with Crippen molar-refractivity contribution in [1.29, 1.82) is 0 Å². The van der Waals surface area contributed by atoms with Crippen molar-refractivity contribution in [1.82, 2.24) is 9.88 Å². The van der Waals surface area contributed by atoms with Gasteiger partial charge in [-0.05, 0) is 98.2 Å². The quantitative estimate of drug-likeness (QED) is 0.423. The van der Waals surface area contributed by atoms with Crippen molar-refractivity contribution in [2.45, 2.75) is 50.4 Å². The molecule has 4 saturated carbocycles. The highest BCUT2D eigenvalue weighted by Crippen LogP contribution is 2.69. The van der Waals surface area contributed by atoms with Crippen LogP contribution in [0.1, 0.15) is 54.4 Å². The maximum atomic E-state index is 13.3. The Hall–Kier alpha value is -3.05. The number of hydrogen-bond acceptors (Lipinski definition) is 9. The highest BCUT2D eigenvalue weighted by Gasteiger charge is 2.76. The van der Waals surface area contributed by atoms with Gasteiger partial charge in [0.25, 0.3) is 11.7 Å². The number of phenols is 2. The number of benzene rings is 2. The Balaban J connectivity index is 1.16. The van der Waals surface area contributed by atoms with E-state index in [0.717, 1.165) is 47.5 Å². The predicted molar refractivity (Wildman–Crippen MR) is 141 cm³/mol. The summed E-state index contributed by atoms with van der Waals surface area (Å²) >= 11 is 1.13. The number of fused-ring (bicyclic) bond motifs is 1. The van der Waals surface area contributed by atoms with E-state index in [1.165, 1.54) is 19.4 Å². The van der Waals surface area contributed by atoms with E-state index in [4.69, 9.17) is 14.5 Å². The molecule has 9 nitrogen and oxygen atoms in total. The summed E-state index contributed by atoms with van der Waals surface area (Å²) in [6.07, 6.45) is 5.59. The number of amides is 2. The fourth-order valence-corrected chi connectivity index (χ4v) is 8.70. The van der Waals surface area contributed by atoms with Crippen molar-refractivity contribution in [3.05, 3.63) is 53.0 Å².